The molecule has 0 aliphatic heterocycles. The molecule has 6 nitrogen and oxygen atoms in total. The monoisotopic (exact) mass is 333 g/mol. The lowest BCUT2D eigenvalue weighted by atomic mass is 10.2. The number of pyridine rings is 1. The zero-order valence-electron chi connectivity index (χ0n) is 12.8. The van der Waals surface area contributed by atoms with Crippen LogP contribution >= 0.6 is 0 Å². The van der Waals surface area contributed by atoms with Crippen molar-refractivity contribution in [3.8, 4) is 0 Å². The predicted octanol–water partition coefficient (Wildman–Crippen LogP) is 1.49. The summed E-state index contributed by atoms with van der Waals surface area (Å²) >= 11 is 0. The zero-order chi connectivity index (χ0) is 16.7. The van der Waals surface area contributed by atoms with Crippen LogP contribution in [0.15, 0.2) is 53.7 Å². The van der Waals surface area contributed by atoms with Gasteiger partial charge in [0.1, 0.15) is 0 Å². The Kier molecular flexibility index (Phi) is 5.84. The van der Waals surface area contributed by atoms with E-state index in [0.29, 0.717) is 18.5 Å². The summed E-state index contributed by atoms with van der Waals surface area (Å²) in [5.41, 5.74) is 1.48. The van der Waals surface area contributed by atoms with Gasteiger partial charge in [-0.2, -0.15) is 0 Å². The molecule has 0 radical (unpaired) electrons. The van der Waals surface area contributed by atoms with E-state index in [2.05, 4.69) is 15.0 Å². The van der Waals surface area contributed by atoms with Crippen molar-refractivity contribution in [3.63, 3.8) is 0 Å². The minimum Gasteiger partial charge on any atom is -0.352 e. The summed E-state index contributed by atoms with van der Waals surface area (Å²) in [6.45, 7) is 2.53. The van der Waals surface area contributed by atoms with Crippen molar-refractivity contribution in [3.05, 3.63) is 59.9 Å². The summed E-state index contributed by atoms with van der Waals surface area (Å²) in [6.07, 6.45) is 3.57. The number of amides is 1. The Morgan fingerprint density at radius 3 is 2.52 bits per heavy atom. The number of nitrogens with zero attached hydrogens (tertiary/aromatic N) is 1. The topological polar surface area (TPSA) is 88.2 Å². The highest BCUT2D eigenvalue weighted by Crippen LogP contribution is 2.09. The van der Waals surface area contributed by atoms with Crippen LogP contribution < -0.4 is 10.0 Å². The molecule has 0 saturated carbocycles. The first-order chi connectivity index (χ1) is 11.0. The third-order valence-corrected chi connectivity index (χ3v) is 4.66. The maximum absolute atomic E-state index is 12.1. The molecule has 1 aromatic carbocycles. The lowest BCUT2D eigenvalue weighted by molar-refractivity contribution is 0.0953. The van der Waals surface area contributed by atoms with Gasteiger partial charge in [-0.05, 0) is 37.6 Å². The van der Waals surface area contributed by atoms with Crippen molar-refractivity contribution in [2.75, 3.05) is 13.1 Å². The molecular weight excluding hydrogens is 314 g/mol. The molecule has 1 aromatic heterocycles. The number of aryl methyl sites for hydroxylation is 1. The van der Waals surface area contributed by atoms with Gasteiger partial charge in [-0.25, -0.2) is 13.1 Å². The first-order valence-corrected chi connectivity index (χ1v) is 8.72. The summed E-state index contributed by atoms with van der Waals surface area (Å²) in [5.74, 6) is -0.223. The number of hydrogen-bond acceptors (Lipinski definition) is 4. The maximum Gasteiger partial charge on any atom is 0.252 e. The lowest BCUT2D eigenvalue weighted by Gasteiger charge is -2.08. The second-order valence-electron chi connectivity index (χ2n) is 5.06. The fourth-order valence-electron chi connectivity index (χ4n) is 1.90. The zero-order valence-corrected chi connectivity index (χ0v) is 13.6. The number of aromatic nitrogens is 1. The Hall–Kier alpha value is -2.25. The normalized spacial score (nSPS) is 11.2. The van der Waals surface area contributed by atoms with Crippen LogP contribution in [0.2, 0.25) is 0 Å². The number of benzene rings is 1. The Morgan fingerprint density at radius 1 is 1.13 bits per heavy atom. The number of sulfonamides is 1. The highest BCUT2D eigenvalue weighted by atomic mass is 32.2. The highest BCUT2D eigenvalue weighted by Gasteiger charge is 2.12. The highest BCUT2D eigenvalue weighted by molar-refractivity contribution is 7.89. The third kappa shape index (κ3) is 5.15. The van der Waals surface area contributed by atoms with E-state index in [9.17, 15) is 13.2 Å². The minimum atomic E-state index is -3.50. The van der Waals surface area contributed by atoms with Gasteiger partial charge in [0.2, 0.25) is 10.0 Å². The van der Waals surface area contributed by atoms with E-state index < -0.39 is 10.0 Å². The molecule has 0 fully saturated rings. The van der Waals surface area contributed by atoms with Gasteiger partial charge in [-0.15, -0.1) is 0 Å². The van der Waals surface area contributed by atoms with E-state index in [1.807, 2.05) is 6.92 Å². The van der Waals surface area contributed by atoms with Crippen LogP contribution in [0.3, 0.4) is 0 Å². The van der Waals surface area contributed by atoms with Gasteiger partial charge in [0.15, 0.2) is 0 Å². The van der Waals surface area contributed by atoms with E-state index in [1.54, 1.807) is 42.6 Å². The van der Waals surface area contributed by atoms with Gasteiger partial charge in [-0.1, -0.05) is 17.7 Å². The molecular formula is C16H19N3O3S. The molecule has 0 aliphatic carbocycles. The average Bonchev–Trinajstić information content (AvgIpc) is 2.55. The van der Waals surface area contributed by atoms with Gasteiger partial charge in [0, 0.05) is 25.5 Å². The fourth-order valence-corrected chi connectivity index (χ4v) is 2.97. The Morgan fingerprint density at radius 2 is 1.87 bits per heavy atom. The van der Waals surface area contributed by atoms with Crippen LogP contribution in [0, 0.1) is 6.92 Å². The van der Waals surface area contributed by atoms with E-state index in [-0.39, 0.29) is 17.3 Å². The van der Waals surface area contributed by atoms with Gasteiger partial charge < -0.3 is 5.32 Å². The standard InChI is InChI=1S/C16H19N3O3S/c1-13-5-7-15(8-6-13)23(21,22)19-11-3-10-18-16(20)14-4-2-9-17-12-14/h2,4-9,12,19H,3,10-11H2,1H3,(H,18,20). The summed E-state index contributed by atoms with van der Waals surface area (Å²) in [7, 11) is -3.50. The molecule has 1 heterocycles. The summed E-state index contributed by atoms with van der Waals surface area (Å²) in [4.78, 5) is 15.9. The Bertz CT molecular complexity index is 744. The first-order valence-electron chi connectivity index (χ1n) is 7.23. The van der Waals surface area contributed by atoms with Crippen LogP contribution in [0.5, 0.6) is 0 Å². The van der Waals surface area contributed by atoms with Gasteiger partial charge in [0.05, 0.1) is 10.5 Å². The fraction of sp³-hybridized carbons (Fsp3) is 0.250. The second-order valence-corrected chi connectivity index (χ2v) is 6.83. The summed E-state index contributed by atoms with van der Waals surface area (Å²) in [6, 6.07) is 10.0. The number of carbonyl (C=O) groups is 1. The molecule has 1 amide bonds. The molecule has 0 saturated heterocycles. The largest absolute Gasteiger partial charge is 0.352 e. The van der Waals surface area contributed by atoms with E-state index in [0.717, 1.165) is 5.56 Å². The minimum absolute atomic E-state index is 0.223. The maximum atomic E-state index is 12.1. The average molecular weight is 333 g/mol. The Labute approximate surface area is 136 Å². The quantitative estimate of drug-likeness (QED) is 0.752. The van der Waals surface area contributed by atoms with Gasteiger partial charge >= 0.3 is 0 Å². The van der Waals surface area contributed by atoms with Crippen LogP contribution in [0.4, 0.5) is 0 Å². The third-order valence-electron chi connectivity index (χ3n) is 3.19. The molecule has 2 rings (SSSR count). The molecule has 0 bridgehead atoms. The molecule has 0 unspecified atom stereocenters. The van der Waals surface area contributed by atoms with E-state index in [1.165, 1.54) is 6.20 Å². The smallest absolute Gasteiger partial charge is 0.252 e. The molecule has 0 spiro atoms. The molecule has 2 N–H and O–H groups in total. The van der Waals surface area contributed by atoms with Gasteiger partial charge in [0.25, 0.3) is 5.91 Å². The van der Waals surface area contributed by atoms with Gasteiger partial charge in [-0.3, -0.25) is 9.78 Å². The molecule has 0 atom stereocenters. The van der Waals surface area contributed by atoms with Crippen LogP contribution in [0.25, 0.3) is 0 Å². The van der Waals surface area contributed by atoms with Crippen molar-refractivity contribution < 1.29 is 13.2 Å². The molecule has 2 aromatic rings. The molecule has 23 heavy (non-hydrogen) atoms. The number of nitrogens with one attached hydrogen (secondary N) is 2. The molecule has 0 aliphatic rings. The lowest BCUT2D eigenvalue weighted by Crippen LogP contribution is -2.30. The summed E-state index contributed by atoms with van der Waals surface area (Å²) in [5, 5.41) is 2.72. The van der Waals surface area contributed by atoms with Crippen LogP contribution in [0.1, 0.15) is 22.3 Å². The first kappa shape index (κ1) is 17.1. The summed E-state index contributed by atoms with van der Waals surface area (Å²) < 4.78 is 26.6. The van der Waals surface area contributed by atoms with Crippen LogP contribution in [-0.2, 0) is 10.0 Å². The van der Waals surface area contributed by atoms with E-state index in [4.69, 9.17) is 0 Å². The van der Waals surface area contributed by atoms with E-state index >= 15 is 0 Å². The molecule has 7 heteroatoms. The number of carbonyl (C=O) groups excluding carboxylic acids is 1. The second kappa shape index (κ2) is 7.85. The SMILES string of the molecule is Cc1ccc(S(=O)(=O)NCCCNC(=O)c2cccnc2)cc1. The van der Waals surface area contributed by atoms with Crippen molar-refractivity contribution in [2.24, 2.45) is 0 Å². The predicted molar refractivity (Wildman–Crippen MR) is 87.6 cm³/mol. The van der Waals surface area contributed by atoms with Crippen molar-refractivity contribution in [2.45, 2.75) is 18.2 Å². The van der Waals surface area contributed by atoms with Crippen molar-refractivity contribution in [1.82, 2.24) is 15.0 Å². The number of rotatable bonds is 7. The van der Waals surface area contributed by atoms with Crippen molar-refractivity contribution >= 4 is 15.9 Å². The number of hydrogen-bond donors (Lipinski definition) is 2. The van der Waals surface area contributed by atoms with Crippen LogP contribution in [-0.4, -0.2) is 32.4 Å². The van der Waals surface area contributed by atoms with Crippen molar-refractivity contribution in [1.29, 1.82) is 0 Å². The molecule has 122 valence electrons. The Balaban J connectivity index is 1.75.